The number of rotatable bonds is 2. The highest BCUT2D eigenvalue weighted by atomic mass is 127. The summed E-state index contributed by atoms with van der Waals surface area (Å²) in [5.74, 6) is -2.88. The van der Waals surface area contributed by atoms with Crippen LogP contribution >= 0.6 is 22.6 Å². The van der Waals surface area contributed by atoms with Crippen molar-refractivity contribution < 1.29 is 13.6 Å². The molecule has 1 saturated carbocycles. The molecule has 0 saturated heterocycles. The number of hydrogen-bond acceptors (Lipinski definition) is 1. The van der Waals surface area contributed by atoms with Crippen LogP contribution in [-0.2, 0) is 7.05 Å². The van der Waals surface area contributed by atoms with Gasteiger partial charge in [0.05, 0.1) is 0 Å². The Morgan fingerprint density at radius 3 is 2.69 bits per heavy atom. The second kappa shape index (κ2) is 3.97. The predicted molar refractivity (Wildman–Crippen MR) is 63.6 cm³/mol. The highest BCUT2D eigenvalue weighted by Crippen LogP contribution is 2.37. The standard InChI is InChI=1S/C10H11F2IN2O/c1-15-5-6(13)2-8(15)9(16)14-7-3-10(11,12)4-7/h2,5,7H,3-4H2,1H3,(H,14,16). The van der Waals surface area contributed by atoms with Crippen molar-refractivity contribution in [1.29, 1.82) is 0 Å². The fraction of sp³-hybridized carbons (Fsp3) is 0.500. The molecule has 6 heteroatoms. The number of aryl methyl sites for hydroxylation is 1. The maximum Gasteiger partial charge on any atom is 0.268 e. The normalized spacial score (nSPS) is 19.2. The number of nitrogens with one attached hydrogen (secondary N) is 1. The summed E-state index contributed by atoms with van der Waals surface area (Å²) in [5, 5.41) is 2.60. The van der Waals surface area contributed by atoms with Crippen LogP contribution in [0.1, 0.15) is 23.3 Å². The van der Waals surface area contributed by atoms with Crippen molar-refractivity contribution in [3.05, 3.63) is 21.5 Å². The second-order valence-electron chi connectivity index (χ2n) is 4.09. The van der Waals surface area contributed by atoms with E-state index in [2.05, 4.69) is 27.9 Å². The molecular weight excluding hydrogens is 329 g/mol. The molecule has 0 unspecified atom stereocenters. The number of alkyl halides is 2. The summed E-state index contributed by atoms with van der Waals surface area (Å²) < 4.78 is 27.8. The smallest absolute Gasteiger partial charge is 0.268 e. The predicted octanol–water partition coefficient (Wildman–Crippen LogP) is 2.16. The minimum absolute atomic E-state index is 0.250. The third-order valence-electron chi connectivity index (χ3n) is 2.63. The maximum absolute atomic E-state index is 12.6. The molecule has 1 fully saturated rings. The van der Waals surface area contributed by atoms with Crippen molar-refractivity contribution in [3.8, 4) is 0 Å². The molecule has 88 valence electrons. The van der Waals surface area contributed by atoms with Gasteiger partial charge in [-0.3, -0.25) is 4.79 Å². The molecule has 1 heterocycles. The first-order chi connectivity index (χ1) is 7.37. The Labute approximate surface area is 105 Å². The van der Waals surface area contributed by atoms with Crippen LogP contribution in [0.3, 0.4) is 0 Å². The number of aromatic nitrogens is 1. The van der Waals surface area contributed by atoms with Crippen LogP contribution in [0.25, 0.3) is 0 Å². The molecular formula is C10H11F2IN2O. The summed E-state index contributed by atoms with van der Waals surface area (Å²) in [4.78, 5) is 11.7. The van der Waals surface area contributed by atoms with E-state index >= 15 is 0 Å². The van der Waals surface area contributed by atoms with Crippen molar-refractivity contribution in [2.45, 2.75) is 24.8 Å². The molecule has 1 aromatic rings. The van der Waals surface area contributed by atoms with Crippen molar-refractivity contribution in [2.75, 3.05) is 0 Å². The van der Waals surface area contributed by atoms with E-state index in [0.29, 0.717) is 5.69 Å². The van der Waals surface area contributed by atoms with Crippen LogP contribution in [0.4, 0.5) is 8.78 Å². The third-order valence-corrected chi connectivity index (χ3v) is 3.22. The molecule has 1 aliphatic carbocycles. The molecule has 1 N–H and O–H groups in total. The first-order valence-corrected chi connectivity index (χ1v) is 5.96. The molecule has 0 radical (unpaired) electrons. The van der Waals surface area contributed by atoms with Gasteiger partial charge in [0, 0.05) is 35.7 Å². The van der Waals surface area contributed by atoms with Gasteiger partial charge in [-0.15, -0.1) is 0 Å². The zero-order valence-electron chi connectivity index (χ0n) is 8.64. The number of carbonyl (C=O) groups is 1. The zero-order valence-corrected chi connectivity index (χ0v) is 10.8. The fourth-order valence-corrected chi connectivity index (χ4v) is 2.49. The third kappa shape index (κ3) is 2.36. The molecule has 3 nitrogen and oxygen atoms in total. The van der Waals surface area contributed by atoms with Gasteiger partial charge in [-0.1, -0.05) is 0 Å². The van der Waals surface area contributed by atoms with Gasteiger partial charge in [0.25, 0.3) is 11.8 Å². The van der Waals surface area contributed by atoms with E-state index in [4.69, 9.17) is 0 Å². The van der Waals surface area contributed by atoms with E-state index in [9.17, 15) is 13.6 Å². The second-order valence-corrected chi connectivity index (χ2v) is 5.33. The van der Waals surface area contributed by atoms with Crippen LogP contribution < -0.4 is 5.32 Å². The maximum atomic E-state index is 12.6. The van der Waals surface area contributed by atoms with E-state index < -0.39 is 12.0 Å². The zero-order chi connectivity index (χ0) is 11.9. The van der Waals surface area contributed by atoms with Gasteiger partial charge in [-0.05, 0) is 28.7 Å². The molecule has 0 spiro atoms. The van der Waals surface area contributed by atoms with E-state index in [1.54, 1.807) is 17.7 Å². The summed E-state index contributed by atoms with van der Waals surface area (Å²) in [6.07, 6.45) is 1.31. The Morgan fingerprint density at radius 2 is 2.25 bits per heavy atom. The van der Waals surface area contributed by atoms with Gasteiger partial charge in [-0.2, -0.15) is 0 Å². The molecule has 2 rings (SSSR count). The van der Waals surface area contributed by atoms with Gasteiger partial charge in [0.15, 0.2) is 0 Å². The lowest BCUT2D eigenvalue weighted by molar-refractivity contribution is -0.0901. The number of carbonyl (C=O) groups excluding carboxylic acids is 1. The molecule has 1 aromatic heterocycles. The van der Waals surface area contributed by atoms with Crippen LogP contribution in [0.15, 0.2) is 12.3 Å². The topological polar surface area (TPSA) is 34.0 Å². The van der Waals surface area contributed by atoms with Gasteiger partial charge >= 0.3 is 0 Å². The number of nitrogens with zero attached hydrogens (tertiary/aromatic N) is 1. The molecule has 0 bridgehead atoms. The van der Waals surface area contributed by atoms with Crippen LogP contribution in [0.2, 0.25) is 0 Å². The van der Waals surface area contributed by atoms with Crippen molar-refractivity contribution in [1.82, 2.24) is 9.88 Å². The van der Waals surface area contributed by atoms with Gasteiger partial charge in [0.1, 0.15) is 5.69 Å². The fourth-order valence-electron chi connectivity index (χ4n) is 1.77. The lowest BCUT2D eigenvalue weighted by Crippen LogP contribution is -2.50. The quantitative estimate of drug-likeness (QED) is 0.823. The van der Waals surface area contributed by atoms with E-state index in [1.165, 1.54) is 0 Å². The Bertz CT molecular complexity index is 422. The van der Waals surface area contributed by atoms with E-state index in [-0.39, 0.29) is 18.7 Å². The average Bonchev–Trinajstić information content (AvgIpc) is 2.42. The van der Waals surface area contributed by atoms with Crippen LogP contribution in [0.5, 0.6) is 0 Å². The molecule has 0 atom stereocenters. The minimum Gasteiger partial charge on any atom is -0.348 e. The Balaban J connectivity index is 1.97. The summed E-state index contributed by atoms with van der Waals surface area (Å²) >= 11 is 2.10. The van der Waals surface area contributed by atoms with Crippen molar-refractivity contribution in [3.63, 3.8) is 0 Å². The van der Waals surface area contributed by atoms with Crippen LogP contribution in [-0.4, -0.2) is 22.4 Å². The van der Waals surface area contributed by atoms with Gasteiger partial charge < -0.3 is 9.88 Å². The highest BCUT2D eigenvalue weighted by Gasteiger charge is 2.46. The summed E-state index contributed by atoms with van der Waals surface area (Å²) in [6.45, 7) is 0. The first-order valence-electron chi connectivity index (χ1n) is 4.88. The Morgan fingerprint density at radius 1 is 1.62 bits per heavy atom. The largest absolute Gasteiger partial charge is 0.348 e. The molecule has 0 aromatic carbocycles. The monoisotopic (exact) mass is 340 g/mol. The Hall–Kier alpha value is -0.660. The lowest BCUT2D eigenvalue weighted by Gasteiger charge is -2.35. The SMILES string of the molecule is Cn1cc(I)cc1C(=O)NC1CC(F)(F)C1. The summed E-state index contributed by atoms with van der Waals surface area (Å²) in [6, 6.07) is 1.34. The van der Waals surface area contributed by atoms with Crippen molar-refractivity contribution >= 4 is 28.5 Å². The molecule has 1 aliphatic rings. The Kier molecular flexibility index (Phi) is 2.93. The number of hydrogen-bond donors (Lipinski definition) is 1. The van der Waals surface area contributed by atoms with Crippen LogP contribution in [0, 0.1) is 3.57 Å². The van der Waals surface area contributed by atoms with E-state index in [0.717, 1.165) is 3.57 Å². The number of halogens is 3. The average molecular weight is 340 g/mol. The van der Waals surface area contributed by atoms with Crippen molar-refractivity contribution in [2.24, 2.45) is 7.05 Å². The summed E-state index contributed by atoms with van der Waals surface area (Å²) in [7, 11) is 1.76. The van der Waals surface area contributed by atoms with E-state index in [1.807, 2.05) is 6.20 Å². The molecule has 16 heavy (non-hydrogen) atoms. The molecule has 1 amide bonds. The highest BCUT2D eigenvalue weighted by molar-refractivity contribution is 14.1. The molecule has 0 aliphatic heterocycles. The number of amides is 1. The minimum atomic E-state index is -2.60. The lowest BCUT2D eigenvalue weighted by atomic mass is 9.88. The van der Waals surface area contributed by atoms with Gasteiger partial charge in [0.2, 0.25) is 0 Å². The first kappa shape index (κ1) is 11.8. The van der Waals surface area contributed by atoms with Gasteiger partial charge in [-0.25, -0.2) is 8.78 Å². The summed E-state index contributed by atoms with van der Waals surface area (Å²) in [5.41, 5.74) is 0.500.